The number of rotatable bonds is 1. The van der Waals surface area contributed by atoms with Crippen molar-refractivity contribution in [3.8, 4) is 0 Å². The molecule has 4 heteroatoms. The van der Waals surface area contributed by atoms with Crippen LogP contribution in [-0.2, 0) is 4.84 Å². The molecule has 0 unspecified atom stereocenters. The van der Waals surface area contributed by atoms with Gasteiger partial charge in [-0.2, -0.15) is 0 Å². The van der Waals surface area contributed by atoms with Crippen LogP contribution in [0.25, 0.3) is 0 Å². The molecule has 0 atom stereocenters. The minimum Gasteiger partial charge on any atom is -0.399 e. The summed E-state index contributed by atoms with van der Waals surface area (Å²) in [5.74, 6) is 1.01. The van der Waals surface area contributed by atoms with Gasteiger partial charge in [0.25, 0.3) is 0 Å². The van der Waals surface area contributed by atoms with Gasteiger partial charge in [0.15, 0.2) is 0 Å². The van der Waals surface area contributed by atoms with Crippen LogP contribution in [0.15, 0.2) is 22.2 Å². The molecule has 1 heterocycles. The van der Waals surface area contributed by atoms with Gasteiger partial charge in [-0.25, -0.2) is 0 Å². The van der Waals surface area contributed by atoms with Gasteiger partial charge >= 0.3 is 0 Å². The third-order valence-corrected chi connectivity index (χ3v) is 3.94. The molecule has 0 saturated carbocycles. The average molecular weight is 242 g/mol. The Balaban J connectivity index is 2.60. The zero-order valence-electron chi connectivity index (χ0n) is 8.71. The van der Waals surface area contributed by atoms with Gasteiger partial charge in [0.1, 0.15) is 7.11 Å². The van der Waals surface area contributed by atoms with Crippen LogP contribution in [0.4, 0.5) is 0 Å². The molecule has 0 radical (unpaired) electrons. The molecule has 80 valence electrons. The molecule has 1 aromatic carbocycles. The maximum Gasteiger partial charge on any atom is 0.106 e. The molecule has 0 spiro atoms. The standard InChI is InChI=1S/C11H12ClNOS/c1-7-3-4-8(12)11-10(7)9(13-14-2)5-6-15-11/h3-4H,5-6H2,1-2H3. The number of benzene rings is 1. The van der Waals surface area contributed by atoms with E-state index in [1.807, 2.05) is 12.1 Å². The molecule has 1 aliphatic heterocycles. The van der Waals surface area contributed by atoms with E-state index in [0.29, 0.717) is 0 Å². The molecule has 1 aromatic rings. The number of hydrogen-bond donors (Lipinski definition) is 0. The topological polar surface area (TPSA) is 21.6 Å². The molecule has 2 rings (SSSR count). The molecule has 0 bridgehead atoms. The van der Waals surface area contributed by atoms with E-state index in [-0.39, 0.29) is 0 Å². The Hall–Kier alpha value is -0.670. The minimum atomic E-state index is 0.809. The predicted molar refractivity (Wildman–Crippen MR) is 65.1 cm³/mol. The van der Waals surface area contributed by atoms with Crippen LogP contribution < -0.4 is 0 Å². The second kappa shape index (κ2) is 4.45. The van der Waals surface area contributed by atoms with Crippen LogP contribution in [0, 0.1) is 6.92 Å². The van der Waals surface area contributed by atoms with Gasteiger partial charge in [-0.15, -0.1) is 11.8 Å². The fraction of sp³-hybridized carbons (Fsp3) is 0.364. The van der Waals surface area contributed by atoms with E-state index >= 15 is 0 Å². The molecule has 0 aromatic heterocycles. The number of halogens is 1. The summed E-state index contributed by atoms with van der Waals surface area (Å²) >= 11 is 7.95. The van der Waals surface area contributed by atoms with Crippen molar-refractivity contribution in [3.05, 3.63) is 28.3 Å². The number of nitrogens with zero attached hydrogens (tertiary/aromatic N) is 1. The molecule has 0 N–H and O–H groups in total. The Morgan fingerprint density at radius 2 is 2.27 bits per heavy atom. The monoisotopic (exact) mass is 241 g/mol. The van der Waals surface area contributed by atoms with E-state index in [1.165, 1.54) is 5.56 Å². The fourth-order valence-electron chi connectivity index (χ4n) is 1.73. The maximum atomic E-state index is 6.16. The Labute approximate surface area is 98.6 Å². The van der Waals surface area contributed by atoms with Gasteiger partial charge in [0.2, 0.25) is 0 Å². The van der Waals surface area contributed by atoms with Crippen molar-refractivity contribution in [2.24, 2.45) is 5.16 Å². The highest BCUT2D eigenvalue weighted by atomic mass is 35.5. The van der Waals surface area contributed by atoms with E-state index < -0.39 is 0 Å². The van der Waals surface area contributed by atoms with Crippen molar-refractivity contribution in [2.75, 3.05) is 12.9 Å². The van der Waals surface area contributed by atoms with Crippen LogP contribution in [0.3, 0.4) is 0 Å². The van der Waals surface area contributed by atoms with Crippen LogP contribution >= 0.6 is 23.4 Å². The third kappa shape index (κ3) is 1.99. The molecular weight excluding hydrogens is 230 g/mol. The molecule has 0 saturated heterocycles. The summed E-state index contributed by atoms with van der Waals surface area (Å²) in [5, 5.41) is 4.88. The van der Waals surface area contributed by atoms with Crippen molar-refractivity contribution in [3.63, 3.8) is 0 Å². The van der Waals surface area contributed by atoms with E-state index in [2.05, 4.69) is 12.1 Å². The Morgan fingerprint density at radius 3 is 3.00 bits per heavy atom. The van der Waals surface area contributed by atoms with Crippen LogP contribution in [0.2, 0.25) is 5.02 Å². The highest BCUT2D eigenvalue weighted by molar-refractivity contribution is 7.99. The third-order valence-electron chi connectivity index (χ3n) is 2.39. The lowest BCUT2D eigenvalue weighted by Gasteiger charge is -2.19. The smallest absolute Gasteiger partial charge is 0.106 e. The number of oxime groups is 1. The Kier molecular flexibility index (Phi) is 3.22. The van der Waals surface area contributed by atoms with E-state index in [4.69, 9.17) is 16.4 Å². The largest absolute Gasteiger partial charge is 0.399 e. The fourth-order valence-corrected chi connectivity index (χ4v) is 3.18. The first kappa shape index (κ1) is 10.8. The average Bonchev–Trinajstić information content (AvgIpc) is 2.24. The van der Waals surface area contributed by atoms with Crippen LogP contribution in [0.5, 0.6) is 0 Å². The van der Waals surface area contributed by atoms with Crippen molar-refractivity contribution in [1.29, 1.82) is 0 Å². The van der Waals surface area contributed by atoms with Crippen LogP contribution in [0.1, 0.15) is 17.5 Å². The Bertz CT molecular complexity index is 417. The van der Waals surface area contributed by atoms with E-state index in [1.54, 1.807) is 18.9 Å². The molecule has 15 heavy (non-hydrogen) atoms. The van der Waals surface area contributed by atoms with Crippen molar-refractivity contribution in [1.82, 2.24) is 0 Å². The highest BCUT2D eigenvalue weighted by Crippen LogP contribution is 2.37. The molecule has 0 fully saturated rings. The normalized spacial score (nSPS) is 17.7. The lowest BCUT2D eigenvalue weighted by Crippen LogP contribution is -2.12. The first-order chi connectivity index (χ1) is 7.24. The summed E-state index contributed by atoms with van der Waals surface area (Å²) < 4.78 is 0. The lowest BCUT2D eigenvalue weighted by atomic mass is 10.0. The maximum absolute atomic E-state index is 6.16. The van der Waals surface area contributed by atoms with Gasteiger partial charge in [-0.05, 0) is 18.6 Å². The zero-order valence-corrected chi connectivity index (χ0v) is 10.3. The molecular formula is C11H12ClNOS. The quantitative estimate of drug-likeness (QED) is 0.702. The number of hydrogen-bond acceptors (Lipinski definition) is 3. The van der Waals surface area contributed by atoms with Crippen LogP contribution in [-0.4, -0.2) is 18.6 Å². The van der Waals surface area contributed by atoms with Gasteiger partial charge in [0, 0.05) is 22.6 Å². The first-order valence-corrected chi connectivity index (χ1v) is 6.12. The van der Waals surface area contributed by atoms with Gasteiger partial charge in [0.05, 0.1) is 10.7 Å². The lowest BCUT2D eigenvalue weighted by molar-refractivity contribution is 0.213. The van der Waals surface area contributed by atoms with Crippen molar-refractivity contribution in [2.45, 2.75) is 18.2 Å². The summed E-state index contributed by atoms with van der Waals surface area (Å²) in [7, 11) is 1.58. The highest BCUT2D eigenvalue weighted by Gasteiger charge is 2.21. The summed E-state index contributed by atoms with van der Waals surface area (Å²) in [6.45, 7) is 2.08. The molecule has 0 amide bonds. The summed E-state index contributed by atoms with van der Waals surface area (Å²) in [4.78, 5) is 6.01. The van der Waals surface area contributed by atoms with Gasteiger partial charge < -0.3 is 4.84 Å². The second-order valence-corrected chi connectivity index (χ2v) is 4.90. The number of thioether (sulfide) groups is 1. The van der Waals surface area contributed by atoms with Gasteiger partial charge in [-0.1, -0.05) is 22.8 Å². The minimum absolute atomic E-state index is 0.809. The SMILES string of the molecule is CON=C1CCSc2c(Cl)ccc(C)c21. The molecule has 1 aliphatic rings. The second-order valence-electron chi connectivity index (χ2n) is 3.39. The summed E-state index contributed by atoms with van der Waals surface area (Å²) in [6.07, 6.45) is 0.937. The van der Waals surface area contributed by atoms with E-state index in [0.717, 1.165) is 33.4 Å². The Morgan fingerprint density at radius 1 is 1.47 bits per heavy atom. The first-order valence-electron chi connectivity index (χ1n) is 4.76. The van der Waals surface area contributed by atoms with Crippen molar-refractivity contribution >= 4 is 29.1 Å². The molecule has 2 nitrogen and oxygen atoms in total. The number of aryl methyl sites for hydroxylation is 1. The number of fused-ring (bicyclic) bond motifs is 1. The summed E-state index contributed by atoms with van der Waals surface area (Å²) in [6, 6.07) is 3.97. The van der Waals surface area contributed by atoms with E-state index in [9.17, 15) is 0 Å². The zero-order chi connectivity index (χ0) is 10.8. The molecule has 0 aliphatic carbocycles. The van der Waals surface area contributed by atoms with Gasteiger partial charge in [-0.3, -0.25) is 0 Å². The predicted octanol–water partition coefficient (Wildman–Crippen LogP) is 3.49. The summed E-state index contributed by atoms with van der Waals surface area (Å²) in [5.41, 5.74) is 3.37. The van der Waals surface area contributed by atoms with Crippen molar-refractivity contribution < 1.29 is 4.84 Å².